The predicted octanol–water partition coefficient (Wildman–Crippen LogP) is 2.98. The third-order valence-corrected chi connectivity index (χ3v) is 3.91. The van der Waals surface area contributed by atoms with Crippen LogP contribution in [-0.4, -0.2) is 27.3 Å². The van der Waals surface area contributed by atoms with Gasteiger partial charge in [0.1, 0.15) is 16.4 Å². The van der Waals surface area contributed by atoms with Crippen molar-refractivity contribution in [1.29, 1.82) is 0 Å². The highest BCUT2D eigenvalue weighted by Crippen LogP contribution is 2.27. The lowest BCUT2D eigenvalue weighted by Crippen LogP contribution is -1.99. The summed E-state index contributed by atoms with van der Waals surface area (Å²) in [6, 6.07) is 9.40. The summed E-state index contributed by atoms with van der Waals surface area (Å²) < 4.78 is 0. The highest BCUT2D eigenvalue weighted by Gasteiger charge is 2.03. The second kappa shape index (κ2) is 6.58. The molecule has 0 aliphatic rings. The van der Waals surface area contributed by atoms with Crippen molar-refractivity contribution >= 4 is 29.5 Å². The number of thioether (sulfide) groups is 1. The van der Waals surface area contributed by atoms with Crippen LogP contribution >= 0.6 is 23.5 Å². The molecule has 0 radical (unpaired) electrons. The van der Waals surface area contributed by atoms with Crippen molar-refractivity contribution in [2.75, 3.05) is 6.26 Å². The molecule has 4 nitrogen and oxygen atoms in total. The summed E-state index contributed by atoms with van der Waals surface area (Å²) in [5, 5.41) is 10.5. The van der Waals surface area contributed by atoms with E-state index in [1.54, 1.807) is 18.1 Å². The van der Waals surface area contributed by atoms with Gasteiger partial charge in [-0.1, -0.05) is 23.9 Å². The maximum atomic E-state index is 10.6. The summed E-state index contributed by atoms with van der Waals surface area (Å²) in [4.78, 5) is 19.9. The number of rotatable bonds is 5. The van der Waals surface area contributed by atoms with Gasteiger partial charge in [-0.25, -0.2) is 9.97 Å². The molecule has 98 valence electrons. The topological polar surface area (TPSA) is 63.1 Å². The monoisotopic (exact) mass is 292 g/mol. The molecule has 1 aromatic carbocycles. The minimum Gasteiger partial charge on any atom is -0.481 e. The van der Waals surface area contributed by atoms with E-state index >= 15 is 0 Å². The van der Waals surface area contributed by atoms with Crippen LogP contribution in [0.1, 0.15) is 5.56 Å². The lowest BCUT2D eigenvalue weighted by Gasteiger charge is -2.03. The largest absolute Gasteiger partial charge is 0.481 e. The Kier molecular flexibility index (Phi) is 4.81. The molecule has 0 saturated heterocycles. The van der Waals surface area contributed by atoms with Crippen LogP contribution in [0, 0.1) is 0 Å². The molecule has 1 N–H and O–H groups in total. The summed E-state index contributed by atoms with van der Waals surface area (Å²) in [6.45, 7) is 0. The predicted molar refractivity (Wildman–Crippen MR) is 75.7 cm³/mol. The van der Waals surface area contributed by atoms with Crippen LogP contribution in [-0.2, 0) is 11.2 Å². The van der Waals surface area contributed by atoms with Crippen molar-refractivity contribution in [3.63, 3.8) is 0 Å². The van der Waals surface area contributed by atoms with E-state index in [1.807, 2.05) is 36.6 Å². The van der Waals surface area contributed by atoms with Crippen LogP contribution in [0.25, 0.3) is 0 Å². The average molecular weight is 292 g/mol. The van der Waals surface area contributed by atoms with Crippen molar-refractivity contribution in [2.24, 2.45) is 0 Å². The number of nitrogens with zero attached hydrogens (tertiary/aromatic N) is 2. The van der Waals surface area contributed by atoms with Gasteiger partial charge in [0.05, 0.1) is 6.42 Å². The normalized spacial score (nSPS) is 10.4. The highest BCUT2D eigenvalue weighted by atomic mass is 32.2. The zero-order valence-corrected chi connectivity index (χ0v) is 11.9. The molecular formula is C13H12N2O2S2. The number of hydrogen-bond acceptors (Lipinski definition) is 5. The third kappa shape index (κ3) is 4.25. The van der Waals surface area contributed by atoms with E-state index in [2.05, 4.69) is 9.97 Å². The Morgan fingerprint density at radius 3 is 2.53 bits per heavy atom. The molecule has 6 heteroatoms. The number of carboxylic acids is 1. The van der Waals surface area contributed by atoms with Crippen molar-refractivity contribution in [3.8, 4) is 0 Å². The van der Waals surface area contributed by atoms with E-state index in [0.29, 0.717) is 0 Å². The zero-order chi connectivity index (χ0) is 13.7. The Bertz CT molecular complexity index is 573. The molecule has 2 rings (SSSR count). The molecule has 0 unspecified atom stereocenters. The smallest absolute Gasteiger partial charge is 0.307 e. The molecule has 1 aromatic heterocycles. The molecule has 0 fully saturated rings. The van der Waals surface area contributed by atoms with E-state index in [9.17, 15) is 4.79 Å². The van der Waals surface area contributed by atoms with Crippen LogP contribution in [0.5, 0.6) is 0 Å². The van der Waals surface area contributed by atoms with Gasteiger partial charge >= 0.3 is 5.97 Å². The first-order chi connectivity index (χ1) is 9.17. The minimum absolute atomic E-state index is 0.0507. The average Bonchev–Trinajstić information content (AvgIpc) is 2.41. The third-order valence-electron chi connectivity index (χ3n) is 2.33. The standard InChI is InChI=1S/C13H12N2O2S2/c1-18-11-7-12(15-8-14-11)19-10-4-2-9(3-5-10)6-13(16)17/h2-5,7-8H,6H2,1H3,(H,16,17). The van der Waals surface area contributed by atoms with Gasteiger partial charge in [-0.2, -0.15) is 0 Å². The molecule has 19 heavy (non-hydrogen) atoms. The Labute approximate surface area is 119 Å². The Balaban J connectivity index is 2.08. The highest BCUT2D eigenvalue weighted by molar-refractivity contribution is 7.99. The lowest BCUT2D eigenvalue weighted by molar-refractivity contribution is -0.136. The van der Waals surface area contributed by atoms with Gasteiger partial charge in [0.25, 0.3) is 0 Å². The van der Waals surface area contributed by atoms with Gasteiger partial charge in [0.2, 0.25) is 0 Å². The number of aliphatic carboxylic acids is 1. The van der Waals surface area contributed by atoms with Crippen molar-refractivity contribution in [3.05, 3.63) is 42.2 Å². The summed E-state index contributed by atoms with van der Waals surface area (Å²) in [5.74, 6) is -0.819. The van der Waals surface area contributed by atoms with Gasteiger partial charge in [0.15, 0.2) is 0 Å². The molecule has 0 spiro atoms. The fourth-order valence-corrected chi connectivity index (χ4v) is 2.70. The van der Waals surface area contributed by atoms with Crippen molar-refractivity contribution < 1.29 is 9.90 Å². The molecule has 0 amide bonds. The lowest BCUT2D eigenvalue weighted by atomic mass is 10.2. The van der Waals surface area contributed by atoms with E-state index in [0.717, 1.165) is 20.5 Å². The summed E-state index contributed by atoms with van der Waals surface area (Å²) in [7, 11) is 0. The first-order valence-corrected chi connectivity index (χ1v) is 7.56. The van der Waals surface area contributed by atoms with Crippen molar-refractivity contribution in [1.82, 2.24) is 9.97 Å². The molecule has 1 heterocycles. The van der Waals surface area contributed by atoms with E-state index < -0.39 is 5.97 Å². The number of carboxylic acid groups (broad SMARTS) is 1. The fraction of sp³-hybridized carbons (Fsp3) is 0.154. The first kappa shape index (κ1) is 13.9. The van der Waals surface area contributed by atoms with E-state index in [4.69, 9.17) is 5.11 Å². The fourth-order valence-electron chi connectivity index (χ4n) is 1.46. The second-order valence-corrected chi connectivity index (χ2v) is 5.64. The summed E-state index contributed by atoms with van der Waals surface area (Å²) >= 11 is 3.11. The quantitative estimate of drug-likeness (QED) is 0.675. The second-order valence-electron chi connectivity index (χ2n) is 3.72. The number of aromatic nitrogens is 2. The Morgan fingerprint density at radius 1 is 1.21 bits per heavy atom. The molecule has 0 bridgehead atoms. The van der Waals surface area contributed by atoms with Gasteiger partial charge in [0, 0.05) is 11.0 Å². The number of hydrogen-bond donors (Lipinski definition) is 1. The minimum atomic E-state index is -0.819. The molecule has 0 aliphatic carbocycles. The van der Waals surface area contributed by atoms with Gasteiger partial charge in [-0.15, -0.1) is 11.8 Å². The number of carbonyl (C=O) groups is 1. The summed E-state index contributed by atoms with van der Waals surface area (Å²) in [5.41, 5.74) is 0.796. The molecule has 0 aliphatic heterocycles. The van der Waals surface area contributed by atoms with Crippen LogP contribution < -0.4 is 0 Å². The maximum Gasteiger partial charge on any atom is 0.307 e. The van der Waals surface area contributed by atoms with E-state index in [-0.39, 0.29) is 6.42 Å². The van der Waals surface area contributed by atoms with Crippen LogP contribution in [0.4, 0.5) is 0 Å². The van der Waals surface area contributed by atoms with Crippen molar-refractivity contribution in [2.45, 2.75) is 21.4 Å². The molecule has 2 aromatic rings. The van der Waals surface area contributed by atoms with Crippen LogP contribution in [0.15, 0.2) is 51.6 Å². The zero-order valence-electron chi connectivity index (χ0n) is 10.2. The Hall–Kier alpha value is -1.53. The van der Waals surface area contributed by atoms with Gasteiger partial charge in [-0.05, 0) is 24.0 Å². The Morgan fingerprint density at radius 2 is 1.89 bits per heavy atom. The van der Waals surface area contributed by atoms with Crippen LogP contribution in [0.2, 0.25) is 0 Å². The van der Waals surface area contributed by atoms with E-state index in [1.165, 1.54) is 11.8 Å². The first-order valence-electron chi connectivity index (χ1n) is 5.52. The number of benzene rings is 1. The molecular weight excluding hydrogens is 280 g/mol. The van der Waals surface area contributed by atoms with Gasteiger partial charge in [-0.3, -0.25) is 4.79 Å². The van der Waals surface area contributed by atoms with Gasteiger partial charge < -0.3 is 5.11 Å². The maximum absolute atomic E-state index is 10.6. The molecule has 0 saturated carbocycles. The molecule has 0 atom stereocenters. The summed E-state index contributed by atoms with van der Waals surface area (Å²) in [6.07, 6.45) is 3.57. The van der Waals surface area contributed by atoms with Crippen LogP contribution in [0.3, 0.4) is 0 Å². The SMILES string of the molecule is CSc1cc(Sc2ccc(CC(=O)O)cc2)ncn1.